The van der Waals surface area contributed by atoms with Crippen LogP contribution in [0.25, 0.3) is 0 Å². The Morgan fingerprint density at radius 3 is 2.40 bits per heavy atom. The molecule has 3 nitrogen and oxygen atoms in total. The maximum absolute atomic E-state index is 12.8. The zero-order chi connectivity index (χ0) is 14.3. The molecule has 0 aromatic heterocycles. The number of anilines is 1. The second-order valence-electron chi connectivity index (χ2n) is 5.30. The van der Waals surface area contributed by atoms with Gasteiger partial charge in [-0.1, -0.05) is 35.9 Å². The molecule has 0 saturated heterocycles. The highest BCUT2D eigenvalue weighted by Gasteiger charge is 2.35. The Balaban J connectivity index is 2.10. The predicted octanol–water partition coefficient (Wildman–Crippen LogP) is 3.13. The zero-order valence-electron chi connectivity index (χ0n) is 11.6. The summed E-state index contributed by atoms with van der Waals surface area (Å²) in [6.07, 6.45) is 0.765. The highest BCUT2D eigenvalue weighted by molar-refractivity contribution is 7.92. The van der Waals surface area contributed by atoms with Gasteiger partial charge in [0.05, 0.1) is 10.6 Å². The number of rotatable bonds is 2. The topological polar surface area (TPSA) is 37.4 Å². The summed E-state index contributed by atoms with van der Waals surface area (Å²) in [5, 5.41) is 0. The molecule has 1 aliphatic rings. The van der Waals surface area contributed by atoms with E-state index >= 15 is 0 Å². The average molecular weight is 287 g/mol. The molecule has 0 fully saturated rings. The van der Waals surface area contributed by atoms with Crippen molar-refractivity contribution in [2.75, 3.05) is 4.31 Å². The molecule has 1 heterocycles. The van der Waals surface area contributed by atoms with E-state index in [0.29, 0.717) is 4.90 Å². The average Bonchev–Trinajstić information content (AvgIpc) is 2.75. The lowest BCUT2D eigenvalue weighted by atomic mass is 10.1. The molecular weight excluding hydrogens is 270 g/mol. The van der Waals surface area contributed by atoms with Crippen LogP contribution in [-0.4, -0.2) is 14.5 Å². The molecule has 0 radical (unpaired) electrons. The van der Waals surface area contributed by atoms with E-state index in [1.165, 1.54) is 0 Å². The number of fused-ring (bicyclic) bond motifs is 1. The molecule has 104 valence electrons. The largest absolute Gasteiger partial charge is 0.264 e. The fraction of sp³-hybridized carbons (Fsp3) is 0.250. The van der Waals surface area contributed by atoms with Gasteiger partial charge in [0.1, 0.15) is 0 Å². The van der Waals surface area contributed by atoms with Crippen LogP contribution in [0, 0.1) is 6.92 Å². The van der Waals surface area contributed by atoms with Gasteiger partial charge in [0.25, 0.3) is 10.0 Å². The maximum Gasteiger partial charge on any atom is 0.264 e. The van der Waals surface area contributed by atoms with Crippen LogP contribution >= 0.6 is 0 Å². The quantitative estimate of drug-likeness (QED) is 0.851. The lowest BCUT2D eigenvalue weighted by Crippen LogP contribution is -2.35. The van der Waals surface area contributed by atoms with Gasteiger partial charge in [0.15, 0.2) is 0 Å². The molecule has 2 aromatic rings. The second kappa shape index (κ2) is 4.63. The first kappa shape index (κ1) is 13.2. The number of aryl methyl sites for hydroxylation is 1. The van der Waals surface area contributed by atoms with Crippen molar-refractivity contribution < 1.29 is 8.42 Å². The number of nitrogens with zero attached hydrogens (tertiary/aromatic N) is 1. The van der Waals surface area contributed by atoms with Crippen molar-refractivity contribution in [2.45, 2.75) is 31.2 Å². The molecule has 1 aliphatic heterocycles. The first-order valence-corrected chi connectivity index (χ1v) is 8.13. The van der Waals surface area contributed by atoms with Crippen LogP contribution in [0.15, 0.2) is 53.4 Å². The summed E-state index contributed by atoms with van der Waals surface area (Å²) in [5.74, 6) is 0. The van der Waals surface area contributed by atoms with Gasteiger partial charge in [0, 0.05) is 6.04 Å². The van der Waals surface area contributed by atoms with Gasteiger partial charge in [-0.05, 0) is 44.0 Å². The highest BCUT2D eigenvalue weighted by Crippen LogP contribution is 2.36. The van der Waals surface area contributed by atoms with Gasteiger partial charge in [-0.15, -0.1) is 0 Å². The van der Waals surface area contributed by atoms with Gasteiger partial charge in [-0.2, -0.15) is 0 Å². The fourth-order valence-electron chi connectivity index (χ4n) is 2.73. The molecule has 2 aromatic carbocycles. The van der Waals surface area contributed by atoms with Crippen LogP contribution < -0.4 is 4.31 Å². The standard InChI is InChI=1S/C16H17NO2S/c1-12-7-9-15(10-8-12)20(18,19)17-13(2)11-14-5-3-4-6-16(14)17/h3-10,13H,11H2,1-2H3/t13-/m0/s1. The van der Waals surface area contributed by atoms with Crippen molar-refractivity contribution in [3.05, 3.63) is 59.7 Å². The lowest BCUT2D eigenvalue weighted by molar-refractivity contribution is 0.584. The van der Waals surface area contributed by atoms with Crippen LogP contribution in [-0.2, 0) is 16.4 Å². The van der Waals surface area contributed by atoms with Crippen molar-refractivity contribution in [3.63, 3.8) is 0 Å². The van der Waals surface area contributed by atoms with Crippen molar-refractivity contribution in [1.82, 2.24) is 0 Å². The van der Waals surface area contributed by atoms with Crippen LogP contribution in [0.2, 0.25) is 0 Å². The van der Waals surface area contributed by atoms with Crippen LogP contribution in [0.5, 0.6) is 0 Å². The van der Waals surface area contributed by atoms with Crippen molar-refractivity contribution in [3.8, 4) is 0 Å². The molecule has 0 amide bonds. The molecule has 1 atom stereocenters. The van der Waals surface area contributed by atoms with E-state index in [1.54, 1.807) is 16.4 Å². The van der Waals surface area contributed by atoms with Gasteiger partial charge < -0.3 is 0 Å². The molecule has 4 heteroatoms. The molecule has 0 spiro atoms. The van der Waals surface area contributed by atoms with Crippen LogP contribution in [0.4, 0.5) is 5.69 Å². The molecule has 0 aliphatic carbocycles. The van der Waals surface area contributed by atoms with E-state index in [0.717, 1.165) is 23.2 Å². The van der Waals surface area contributed by atoms with Gasteiger partial charge in [-0.3, -0.25) is 4.31 Å². The van der Waals surface area contributed by atoms with E-state index in [1.807, 2.05) is 50.2 Å². The lowest BCUT2D eigenvalue weighted by Gasteiger charge is -2.24. The summed E-state index contributed by atoms with van der Waals surface area (Å²) < 4.78 is 27.2. The van der Waals surface area contributed by atoms with E-state index in [2.05, 4.69) is 0 Å². The molecular formula is C16H17NO2S. The van der Waals surface area contributed by atoms with Crippen molar-refractivity contribution in [2.24, 2.45) is 0 Å². The Bertz CT molecular complexity index is 735. The number of para-hydroxylation sites is 1. The minimum atomic E-state index is -3.48. The Morgan fingerprint density at radius 1 is 1.05 bits per heavy atom. The Kier molecular flexibility index (Phi) is 3.05. The molecule has 20 heavy (non-hydrogen) atoms. The maximum atomic E-state index is 12.8. The molecule has 0 saturated carbocycles. The molecule has 0 unspecified atom stereocenters. The fourth-order valence-corrected chi connectivity index (χ4v) is 4.42. The van der Waals surface area contributed by atoms with Crippen LogP contribution in [0.3, 0.4) is 0 Å². The summed E-state index contributed by atoms with van der Waals surface area (Å²) in [5.41, 5.74) is 2.95. The van der Waals surface area contributed by atoms with E-state index < -0.39 is 10.0 Å². The van der Waals surface area contributed by atoms with Gasteiger partial charge >= 0.3 is 0 Å². The van der Waals surface area contributed by atoms with E-state index in [9.17, 15) is 8.42 Å². The number of sulfonamides is 1. The van der Waals surface area contributed by atoms with Crippen molar-refractivity contribution >= 4 is 15.7 Å². The third-order valence-electron chi connectivity index (χ3n) is 3.72. The highest BCUT2D eigenvalue weighted by atomic mass is 32.2. The van der Waals surface area contributed by atoms with E-state index in [4.69, 9.17) is 0 Å². The second-order valence-corrected chi connectivity index (χ2v) is 7.11. The third kappa shape index (κ3) is 2.00. The van der Waals surface area contributed by atoms with Gasteiger partial charge in [0.2, 0.25) is 0 Å². The number of hydrogen-bond acceptors (Lipinski definition) is 2. The minimum absolute atomic E-state index is 0.0429. The number of hydrogen-bond donors (Lipinski definition) is 0. The minimum Gasteiger partial charge on any atom is -0.263 e. The Morgan fingerprint density at radius 2 is 1.70 bits per heavy atom. The Hall–Kier alpha value is -1.81. The predicted molar refractivity (Wildman–Crippen MR) is 80.5 cm³/mol. The zero-order valence-corrected chi connectivity index (χ0v) is 12.4. The molecule has 0 bridgehead atoms. The summed E-state index contributed by atoms with van der Waals surface area (Å²) in [7, 11) is -3.48. The molecule has 3 rings (SSSR count). The summed E-state index contributed by atoms with van der Waals surface area (Å²) in [4.78, 5) is 0.353. The molecule has 0 N–H and O–H groups in total. The smallest absolute Gasteiger partial charge is 0.263 e. The van der Waals surface area contributed by atoms with E-state index in [-0.39, 0.29) is 6.04 Å². The first-order valence-electron chi connectivity index (χ1n) is 6.69. The number of benzene rings is 2. The monoisotopic (exact) mass is 287 g/mol. The first-order chi connectivity index (χ1) is 9.50. The summed E-state index contributed by atoms with van der Waals surface area (Å²) in [6.45, 7) is 3.90. The van der Waals surface area contributed by atoms with Crippen LogP contribution in [0.1, 0.15) is 18.1 Å². The normalized spacial score (nSPS) is 18.1. The van der Waals surface area contributed by atoms with Gasteiger partial charge in [-0.25, -0.2) is 8.42 Å². The summed E-state index contributed by atoms with van der Waals surface area (Å²) >= 11 is 0. The van der Waals surface area contributed by atoms with Crippen molar-refractivity contribution in [1.29, 1.82) is 0 Å². The third-order valence-corrected chi connectivity index (χ3v) is 5.66. The Labute approximate surface area is 119 Å². The summed E-state index contributed by atoms with van der Waals surface area (Å²) in [6, 6.07) is 14.7. The SMILES string of the molecule is Cc1ccc(S(=O)(=O)N2c3ccccc3C[C@@H]2C)cc1.